The molecule has 0 spiro atoms. The third-order valence-electron chi connectivity index (χ3n) is 3.33. The highest BCUT2D eigenvalue weighted by atomic mass is 31.0. The van der Waals surface area contributed by atoms with Crippen molar-refractivity contribution in [2.45, 2.75) is 11.8 Å². The van der Waals surface area contributed by atoms with Crippen molar-refractivity contribution in [3.05, 3.63) is 70.8 Å². The van der Waals surface area contributed by atoms with Crippen LogP contribution in [0.15, 0.2) is 58.7 Å². The fourth-order valence-corrected chi connectivity index (χ4v) is 2.39. The second-order valence-corrected chi connectivity index (χ2v) is 6.09. The molecule has 0 aromatic heterocycles. The van der Waals surface area contributed by atoms with Gasteiger partial charge in [-0.15, -0.1) is 0 Å². The van der Waals surface area contributed by atoms with E-state index in [0.29, 0.717) is 0 Å². The summed E-state index contributed by atoms with van der Waals surface area (Å²) in [5.74, 6) is 0. The molecule has 0 radical (unpaired) electrons. The lowest BCUT2D eigenvalue weighted by molar-refractivity contribution is -0.137. The smallest absolute Gasteiger partial charge is 0.245 e. The number of nitrogens with zero attached hydrogens (tertiary/aromatic N) is 2. The van der Waals surface area contributed by atoms with Gasteiger partial charge in [0.15, 0.2) is 0 Å². The van der Waals surface area contributed by atoms with E-state index in [1.54, 1.807) is 0 Å². The largest absolute Gasteiger partial charge is 0.417 e. The summed E-state index contributed by atoms with van der Waals surface area (Å²) in [6.45, 7) is 0. The summed E-state index contributed by atoms with van der Waals surface area (Å²) in [5.41, 5.74) is -0.666. The van der Waals surface area contributed by atoms with Crippen LogP contribution < -0.4 is 10.9 Å². The van der Waals surface area contributed by atoms with Gasteiger partial charge in [0.05, 0.1) is 18.0 Å². The highest BCUT2D eigenvalue weighted by Crippen LogP contribution is 2.36. The number of nitrogens with one attached hydrogen (secondary N) is 2. The maximum absolute atomic E-state index is 13.4. The predicted molar refractivity (Wildman–Crippen MR) is 98.3 cm³/mol. The van der Waals surface area contributed by atoms with E-state index in [9.17, 15) is 26.7 Å². The Bertz CT molecular complexity index is 822. The summed E-state index contributed by atoms with van der Waals surface area (Å²) < 4.78 is 65.4. The average Bonchev–Trinajstić information content (AvgIpc) is 2.61. The number of urea groups is 1. The molecule has 0 fully saturated rings. The maximum atomic E-state index is 13.4. The van der Waals surface area contributed by atoms with Crippen LogP contribution in [-0.2, 0) is 11.8 Å². The van der Waals surface area contributed by atoms with E-state index in [2.05, 4.69) is 10.2 Å². The molecule has 2 N–H and O–H groups in total. The van der Waals surface area contributed by atoms with Gasteiger partial charge in [0, 0.05) is 16.7 Å². The minimum absolute atomic E-state index is 0.0744. The van der Waals surface area contributed by atoms with Gasteiger partial charge in [-0.05, 0) is 6.07 Å². The molecule has 28 heavy (non-hydrogen) atoms. The molecule has 2 aromatic carbocycles. The molecule has 148 valence electrons. The molecule has 0 saturated heterocycles. The second-order valence-electron chi connectivity index (χ2n) is 5.36. The molecular weight excluding hydrogens is 402 g/mol. The van der Waals surface area contributed by atoms with E-state index >= 15 is 0 Å². The van der Waals surface area contributed by atoms with E-state index in [1.807, 2.05) is 10.9 Å². The molecule has 2 aromatic rings. The summed E-state index contributed by atoms with van der Waals surface area (Å²) in [6, 6.07) is 9.24. The van der Waals surface area contributed by atoms with Gasteiger partial charge < -0.3 is 0 Å². The van der Waals surface area contributed by atoms with E-state index < -0.39 is 23.4 Å². The van der Waals surface area contributed by atoms with Gasteiger partial charge in [0.1, 0.15) is 0 Å². The first kappa shape index (κ1) is 21.4. The molecule has 5 nitrogen and oxygen atoms in total. The number of hydrogen-bond donors (Lipinski definition) is 2. The first-order valence-corrected chi connectivity index (χ1v) is 8.21. The van der Waals surface area contributed by atoms with Crippen molar-refractivity contribution >= 4 is 27.7 Å². The van der Waals surface area contributed by atoms with Crippen molar-refractivity contribution in [2.24, 2.45) is 10.2 Å². The minimum atomic E-state index is -4.57. The molecule has 0 heterocycles. The summed E-state index contributed by atoms with van der Waals surface area (Å²) >= 11 is 0. The highest BCUT2D eigenvalue weighted by Gasteiger charge is 2.32. The number of hydrazone groups is 2. The van der Waals surface area contributed by atoms with Crippen LogP contribution in [0.1, 0.15) is 22.3 Å². The molecule has 11 heteroatoms. The van der Waals surface area contributed by atoms with Crippen molar-refractivity contribution in [3.8, 4) is 0 Å². The van der Waals surface area contributed by atoms with Crippen molar-refractivity contribution in [1.82, 2.24) is 10.9 Å². The van der Waals surface area contributed by atoms with E-state index in [0.717, 1.165) is 18.5 Å². The molecule has 1 unspecified atom stereocenters. The Labute approximate surface area is 158 Å². The van der Waals surface area contributed by atoms with Gasteiger partial charge in [-0.3, -0.25) is 0 Å². The number of halogens is 5. The molecule has 0 saturated carbocycles. The van der Waals surface area contributed by atoms with Crippen LogP contribution in [0.5, 0.6) is 0 Å². The van der Waals surface area contributed by atoms with Crippen LogP contribution in [0, 0.1) is 0 Å². The minimum Gasteiger partial charge on any atom is -0.245 e. The summed E-state index contributed by atoms with van der Waals surface area (Å²) in [5, 5.41) is 6.93. The maximum Gasteiger partial charge on any atom is 0.417 e. The van der Waals surface area contributed by atoms with Gasteiger partial charge in [-0.2, -0.15) is 32.2 Å². The molecule has 2 amide bonds. The van der Waals surface area contributed by atoms with Gasteiger partial charge >= 0.3 is 12.2 Å². The second kappa shape index (κ2) is 8.88. The lowest BCUT2D eigenvalue weighted by atomic mass is 10.1. The fourth-order valence-electron chi connectivity index (χ4n) is 2.13. The fraction of sp³-hybridized carbons (Fsp3) is 0.118. The monoisotopic (exact) mass is 416 g/mol. The van der Waals surface area contributed by atoms with Crippen LogP contribution in [0.3, 0.4) is 0 Å². The van der Waals surface area contributed by atoms with Crippen molar-refractivity contribution in [2.75, 3.05) is 0 Å². The molecule has 0 bridgehead atoms. The summed E-state index contributed by atoms with van der Waals surface area (Å²) in [7, 11) is 1.40. The van der Waals surface area contributed by atoms with Crippen LogP contribution in [-0.4, -0.2) is 18.5 Å². The number of carbonyl (C=O) groups excluding carboxylic acids is 1. The number of carbonyl (C=O) groups is 1. The van der Waals surface area contributed by atoms with Gasteiger partial charge in [-0.25, -0.2) is 15.6 Å². The Morgan fingerprint density at radius 3 is 1.71 bits per heavy atom. The normalized spacial score (nSPS) is 12.5. The number of hydrogen-bond acceptors (Lipinski definition) is 3. The lowest BCUT2D eigenvalue weighted by Gasteiger charge is -2.12. The van der Waals surface area contributed by atoms with Crippen LogP contribution >= 0.6 is 9.24 Å². The number of benzene rings is 2. The number of alkyl halides is 5. The first-order valence-electron chi connectivity index (χ1n) is 7.63. The quantitative estimate of drug-likeness (QED) is 0.325. The Kier molecular flexibility index (Phi) is 6.80. The molecular formula is C17H14F5N4OP. The standard InChI is InChI=1S/C17H14F5N4OP/c18-16(19,20)13-7-3-1-5-11(13)9-23-25-15(27)26-24-10-12-6-2-4-8-14(12)17(21,22)28/h1-10H,28H2,(H2,25,26,27)/b23-9+,24-10+. The lowest BCUT2D eigenvalue weighted by Crippen LogP contribution is -2.28. The van der Waals surface area contributed by atoms with E-state index in [-0.39, 0.29) is 16.7 Å². The highest BCUT2D eigenvalue weighted by molar-refractivity contribution is 7.17. The zero-order valence-electron chi connectivity index (χ0n) is 14.0. The van der Waals surface area contributed by atoms with Crippen molar-refractivity contribution in [1.29, 1.82) is 0 Å². The third-order valence-corrected chi connectivity index (χ3v) is 3.64. The third kappa shape index (κ3) is 6.09. The van der Waals surface area contributed by atoms with Gasteiger partial charge in [-0.1, -0.05) is 51.7 Å². The zero-order chi connectivity index (χ0) is 20.8. The number of rotatable bonds is 5. The Morgan fingerprint density at radius 2 is 1.25 bits per heavy atom. The zero-order valence-corrected chi connectivity index (χ0v) is 15.2. The van der Waals surface area contributed by atoms with E-state index in [4.69, 9.17) is 0 Å². The van der Waals surface area contributed by atoms with Crippen LogP contribution in [0.25, 0.3) is 0 Å². The van der Waals surface area contributed by atoms with Gasteiger partial charge in [0.2, 0.25) is 0 Å². The molecule has 0 aliphatic carbocycles. The van der Waals surface area contributed by atoms with Crippen molar-refractivity contribution in [3.63, 3.8) is 0 Å². The SMILES string of the molecule is O=C(N/N=C/c1ccccc1C(F)(F)F)N/N=C/c1ccccc1C(F)(F)P. The van der Waals surface area contributed by atoms with Crippen molar-refractivity contribution < 1.29 is 26.7 Å². The van der Waals surface area contributed by atoms with Crippen LogP contribution in [0.2, 0.25) is 0 Å². The molecule has 1 atom stereocenters. The Morgan fingerprint density at radius 1 is 0.821 bits per heavy atom. The average molecular weight is 416 g/mol. The number of amides is 2. The van der Waals surface area contributed by atoms with Crippen LogP contribution in [0.4, 0.5) is 26.7 Å². The predicted octanol–water partition coefficient (Wildman–Crippen LogP) is 4.30. The van der Waals surface area contributed by atoms with E-state index in [1.165, 1.54) is 51.7 Å². The molecule has 2 rings (SSSR count). The first-order chi connectivity index (χ1) is 13.1. The Balaban J connectivity index is 1.98. The Hall–Kier alpha value is -2.87. The molecule has 0 aliphatic rings. The molecule has 0 aliphatic heterocycles. The topological polar surface area (TPSA) is 65.8 Å². The van der Waals surface area contributed by atoms with Gasteiger partial charge in [0.25, 0.3) is 5.66 Å². The summed E-state index contributed by atoms with van der Waals surface area (Å²) in [6.07, 6.45) is -2.73. The summed E-state index contributed by atoms with van der Waals surface area (Å²) in [4.78, 5) is 11.6.